The zero-order valence-corrected chi connectivity index (χ0v) is 13.0. The Bertz CT molecular complexity index is 591. The number of fused-ring (bicyclic) bond motifs is 1. The quantitative estimate of drug-likeness (QED) is 0.856. The van der Waals surface area contributed by atoms with Crippen LogP contribution in [0, 0.1) is 6.92 Å². The maximum atomic E-state index is 4.49. The molecule has 0 amide bonds. The van der Waals surface area contributed by atoms with Gasteiger partial charge in [-0.05, 0) is 51.7 Å². The molecule has 3 nitrogen and oxygen atoms in total. The van der Waals surface area contributed by atoms with Crippen LogP contribution in [0.5, 0.6) is 0 Å². The van der Waals surface area contributed by atoms with Crippen molar-refractivity contribution in [2.24, 2.45) is 0 Å². The van der Waals surface area contributed by atoms with E-state index in [1.165, 1.54) is 40.3 Å². The SMILES string of the molecule is Cc1ccc(C(C)Nc2ncnc3c2CCCCC3)s1. The van der Waals surface area contributed by atoms with Crippen LogP contribution in [-0.4, -0.2) is 9.97 Å². The first kappa shape index (κ1) is 13.6. The Kier molecular flexibility index (Phi) is 4.01. The van der Waals surface area contributed by atoms with Gasteiger partial charge in [0.05, 0.1) is 6.04 Å². The average Bonchev–Trinajstić information content (AvgIpc) is 2.73. The van der Waals surface area contributed by atoms with Crippen LogP contribution in [-0.2, 0) is 12.8 Å². The number of nitrogens with zero attached hydrogens (tertiary/aromatic N) is 2. The van der Waals surface area contributed by atoms with Crippen molar-refractivity contribution in [1.29, 1.82) is 0 Å². The van der Waals surface area contributed by atoms with Gasteiger partial charge in [0.15, 0.2) is 0 Å². The summed E-state index contributed by atoms with van der Waals surface area (Å²) in [5.41, 5.74) is 2.58. The van der Waals surface area contributed by atoms with Crippen LogP contribution in [0.25, 0.3) is 0 Å². The first-order valence-electron chi connectivity index (χ1n) is 7.39. The highest BCUT2D eigenvalue weighted by molar-refractivity contribution is 7.12. The first-order valence-corrected chi connectivity index (χ1v) is 8.21. The van der Waals surface area contributed by atoms with Gasteiger partial charge in [-0.2, -0.15) is 0 Å². The molecule has 20 heavy (non-hydrogen) atoms. The molecule has 1 aliphatic rings. The Hall–Kier alpha value is -1.42. The number of aryl methyl sites for hydroxylation is 2. The van der Waals surface area contributed by atoms with E-state index in [0.29, 0.717) is 6.04 Å². The van der Waals surface area contributed by atoms with Crippen molar-refractivity contribution in [3.63, 3.8) is 0 Å². The average molecular weight is 287 g/mol. The standard InChI is InChI=1S/C16H21N3S/c1-11-8-9-15(20-11)12(2)19-16-13-6-4-3-5-7-14(13)17-10-18-16/h8-10,12H,3-7H2,1-2H3,(H,17,18,19). The van der Waals surface area contributed by atoms with Crippen LogP contribution < -0.4 is 5.32 Å². The monoisotopic (exact) mass is 287 g/mol. The zero-order valence-electron chi connectivity index (χ0n) is 12.1. The molecule has 0 aliphatic heterocycles. The molecule has 2 aromatic heterocycles. The van der Waals surface area contributed by atoms with Crippen molar-refractivity contribution >= 4 is 17.2 Å². The minimum atomic E-state index is 0.302. The zero-order chi connectivity index (χ0) is 13.9. The predicted molar refractivity (Wildman–Crippen MR) is 84.4 cm³/mol. The van der Waals surface area contributed by atoms with Crippen molar-refractivity contribution < 1.29 is 0 Å². The topological polar surface area (TPSA) is 37.8 Å². The van der Waals surface area contributed by atoms with Crippen molar-refractivity contribution in [2.75, 3.05) is 5.32 Å². The molecule has 0 saturated carbocycles. The van der Waals surface area contributed by atoms with Crippen molar-refractivity contribution in [1.82, 2.24) is 9.97 Å². The molecule has 0 radical (unpaired) electrons. The molecular weight excluding hydrogens is 266 g/mol. The molecule has 1 atom stereocenters. The highest BCUT2D eigenvalue weighted by Gasteiger charge is 2.16. The summed E-state index contributed by atoms with van der Waals surface area (Å²) < 4.78 is 0. The van der Waals surface area contributed by atoms with E-state index in [2.05, 4.69) is 41.3 Å². The lowest BCUT2D eigenvalue weighted by Gasteiger charge is -2.17. The Morgan fingerprint density at radius 2 is 2.00 bits per heavy atom. The third kappa shape index (κ3) is 2.85. The molecule has 106 valence electrons. The molecule has 1 aliphatic carbocycles. The van der Waals surface area contributed by atoms with E-state index in [0.717, 1.165) is 18.7 Å². The molecule has 0 fully saturated rings. The van der Waals surface area contributed by atoms with Gasteiger partial charge in [-0.3, -0.25) is 0 Å². The van der Waals surface area contributed by atoms with E-state index in [1.54, 1.807) is 6.33 Å². The number of hydrogen-bond acceptors (Lipinski definition) is 4. The van der Waals surface area contributed by atoms with Gasteiger partial charge in [-0.1, -0.05) is 6.42 Å². The molecule has 1 N–H and O–H groups in total. The Morgan fingerprint density at radius 1 is 1.15 bits per heavy atom. The molecule has 2 heterocycles. The molecule has 0 aromatic carbocycles. The summed E-state index contributed by atoms with van der Waals surface area (Å²) in [6, 6.07) is 4.69. The summed E-state index contributed by atoms with van der Waals surface area (Å²) in [5.74, 6) is 1.04. The lowest BCUT2D eigenvalue weighted by atomic mass is 10.1. The summed E-state index contributed by atoms with van der Waals surface area (Å²) in [6.45, 7) is 4.36. The Labute approximate surface area is 124 Å². The second-order valence-corrected chi connectivity index (χ2v) is 6.84. The van der Waals surface area contributed by atoms with Crippen molar-refractivity contribution in [2.45, 2.75) is 52.0 Å². The molecule has 0 spiro atoms. The van der Waals surface area contributed by atoms with Gasteiger partial charge >= 0.3 is 0 Å². The van der Waals surface area contributed by atoms with Crippen molar-refractivity contribution in [3.8, 4) is 0 Å². The highest BCUT2D eigenvalue weighted by atomic mass is 32.1. The Morgan fingerprint density at radius 3 is 2.80 bits per heavy atom. The largest absolute Gasteiger partial charge is 0.362 e. The van der Waals surface area contributed by atoms with Crippen LogP contribution in [0.15, 0.2) is 18.5 Å². The molecule has 2 aromatic rings. The predicted octanol–water partition coefficient (Wildman–Crippen LogP) is 4.29. The summed E-state index contributed by atoms with van der Waals surface area (Å²) in [5, 5.41) is 3.59. The molecule has 4 heteroatoms. The fraction of sp³-hybridized carbons (Fsp3) is 0.500. The third-order valence-electron chi connectivity index (χ3n) is 3.92. The second kappa shape index (κ2) is 5.92. The summed E-state index contributed by atoms with van der Waals surface area (Å²) >= 11 is 1.85. The summed E-state index contributed by atoms with van der Waals surface area (Å²) in [4.78, 5) is 11.7. The fourth-order valence-corrected chi connectivity index (χ4v) is 3.66. The highest BCUT2D eigenvalue weighted by Crippen LogP contribution is 2.29. The van der Waals surface area contributed by atoms with E-state index in [9.17, 15) is 0 Å². The van der Waals surface area contributed by atoms with Gasteiger partial charge in [-0.15, -0.1) is 11.3 Å². The lowest BCUT2D eigenvalue weighted by molar-refractivity contribution is 0.708. The molecule has 0 saturated heterocycles. The molecule has 3 rings (SSSR count). The number of nitrogens with one attached hydrogen (secondary N) is 1. The maximum absolute atomic E-state index is 4.49. The van der Waals surface area contributed by atoms with Crippen LogP contribution in [0.3, 0.4) is 0 Å². The van der Waals surface area contributed by atoms with Crippen LogP contribution in [0.2, 0.25) is 0 Å². The lowest BCUT2D eigenvalue weighted by Crippen LogP contribution is -2.11. The number of hydrogen-bond donors (Lipinski definition) is 1. The van der Waals surface area contributed by atoms with Gasteiger partial charge in [0.1, 0.15) is 12.1 Å². The van der Waals surface area contributed by atoms with Crippen LogP contribution in [0.1, 0.15) is 53.2 Å². The molecule has 0 bridgehead atoms. The van der Waals surface area contributed by atoms with Gasteiger partial charge in [0.25, 0.3) is 0 Å². The van der Waals surface area contributed by atoms with E-state index < -0.39 is 0 Å². The number of thiophene rings is 1. The maximum Gasteiger partial charge on any atom is 0.133 e. The minimum Gasteiger partial charge on any atom is -0.362 e. The number of rotatable bonds is 3. The second-order valence-electron chi connectivity index (χ2n) is 5.52. The smallest absolute Gasteiger partial charge is 0.133 e. The molecular formula is C16H21N3S. The molecule has 1 unspecified atom stereocenters. The normalized spacial score (nSPS) is 16.3. The fourth-order valence-electron chi connectivity index (χ4n) is 2.78. The summed E-state index contributed by atoms with van der Waals surface area (Å²) in [7, 11) is 0. The Balaban J connectivity index is 1.84. The van der Waals surface area contributed by atoms with Gasteiger partial charge < -0.3 is 5.32 Å². The van der Waals surface area contributed by atoms with Crippen molar-refractivity contribution in [3.05, 3.63) is 39.5 Å². The van der Waals surface area contributed by atoms with E-state index in [-0.39, 0.29) is 0 Å². The van der Waals surface area contributed by atoms with Gasteiger partial charge in [0, 0.05) is 21.0 Å². The minimum absolute atomic E-state index is 0.302. The number of aromatic nitrogens is 2. The van der Waals surface area contributed by atoms with Gasteiger partial charge in [-0.25, -0.2) is 9.97 Å². The first-order chi connectivity index (χ1) is 9.74. The van der Waals surface area contributed by atoms with E-state index >= 15 is 0 Å². The van der Waals surface area contributed by atoms with Gasteiger partial charge in [0.2, 0.25) is 0 Å². The van der Waals surface area contributed by atoms with Crippen LogP contribution >= 0.6 is 11.3 Å². The van der Waals surface area contributed by atoms with E-state index in [1.807, 2.05) is 11.3 Å². The number of anilines is 1. The summed E-state index contributed by atoms with van der Waals surface area (Å²) in [6.07, 6.45) is 7.72. The van der Waals surface area contributed by atoms with Crippen LogP contribution in [0.4, 0.5) is 5.82 Å². The van der Waals surface area contributed by atoms with E-state index in [4.69, 9.17) is 0 Å². The third-order valence-corrected chi connectivity index (χ3v) is 5.10.